The minimum absolute atomic E-state index is 0.0202. The number of piperidine rings is 1. The molecule has 0 bridgehead atoms. The van der Waals surface area contributed by atoms with Gasteiger partial charge in [0.15, 0.2) is 5.78 Å². The van der Waals surface area contributed by atoms with Crippen molar-refractivity contribution in [3.05, 3.63) is 90.3 Å². The van der Waals surface area contributed by atoms with Crippen LogP contribution in [0.3, 0.4) is 0 Å². The van der Waals surface area contributed by atoms with Gasteiger partial charge < -0.3 is 24.3 Å². The van der Waals surface area contributed by atoms with Crippen LogP contribution in [-0.2, 0) is 18.2 Å². The van der Waals surface area contributed by atoms with E-state index in [1.165, 1.54) is 0 Å². The third-order valence-corrected chi connectivity index (χ3v) is 7.95. The summed E-state index contributed by atoms with van der Waals surface area (Å²) >= 11 is 0. The maximum Gasteiger partial charge on any atom is 0.410 e. The number of nitrogens with one attached hydrogen (secondary N) is 1. The van der Waals surface area contributed by atoms with Crippen LogP contribution in [0.4, 0.5) is 10.7 Å². The molecule has 0 aliphatic carbocycles. The molecule has 0 radical (unpaired) electrons. The third-order valence-electron chi connectivity index (χ3n) is 7.95. The molecular weight excluding hydrogens is 594 g/mol. The predicted octanol–water partition coefficient (Wildman–Crippen LogP) is 6.76. The quantitative estimate of drug-likeness (QED) is 0.185. The molecule has 0 saturated carbocycles. The molecule has 1 aliphatic heterocycles. The van der Waals surface area contributed by atoms with Gasteiger partial charge in [0, 0.05) is 56.6 Å². The number of ketones is 1. The van der Waals surface area contributed by atoms with Crippen molar-refractivity contribution >= 4 is 28.6 Å². The summed E-state index contributed by atoms with van der Waals surface area (Å²) in [5.41, 5.74) is 3.06. The van der Waals surface area contributed by atoms with Crippen LogP contribution in [0.25, 0.3) is 22.0 Å². The molecule has 6 rings (SSSR count). The summed E-state index contributed by atoms with van der Waals surface area (Å²) in [4.78, 5) is 45.5. The van der Waals surface area contributed by atoms with Gasteiger partial charge in [0.1, 0.15) is 17.0 Å². The average molecular weight is 634 g/mol. The number of ether oxygens (including phenoxy) is 2. The minimum atomic E-state index is -0.551. The molecule has 1 atom stereocenters. The summed E-state index contributed by atoms with van der Waals surface area (Å²) in [5.74, 6) is 1.46. The van der Waals surface area contributed by atoms with Crippen LogP contribution in [0.5, 0.6) is 11.6 Å². The summed E-state index contributed by atoms with van der Waals surface area (Å²) in [6.07, 6.45) is 8.38. The lowest BCUT2D eigenvalue weighted by Gasteiger charge is -2.34. The fourth-order valence-corrected chi connectivity index (χ4v) is 5.73. The van der Waals surface area contributed by atoms with Crippen molar-refractivity contribution in [2.24, 2.45) is 7.05 Å². The minimum Gasteiger partial charge on any atom is -0.444 e. The summed E-state index contributed by atoms with van der Waals surface area (Å²) in [6, 6.07) is 15.5. The first kappa shape index (κ1) is 31.7. The standard InChI is InChI=1S/C36H39N7O4/c1-23-13-14-26-24(19-31(44)30-21-42(5)22-39-30)9-6-11-27(26)32(23)46-33-28(12-7-16-37-33)29-15-17-38-34(41-29)40-25-10-8-18-43(20-25)35(45)47-36(2,3)4/h6-7,9,11-17,21-22,25H,8,10,18-20H2,1-5H3,(H,38,40,41)/t25-/m0/s1. The number of amides is 1. The number of likely N-dealkylation sites (tertiary alicyclic amines) is 1. The Bertz CT molecular complexity index is 1930. The lowest BCUT2D eigenvalue weighted by Crippen LogP contribution is -2.47. The number of hydrogen-bond acceptors (Lipinski definition) is 9. The van der Waals surface area contributed by atoms with Crippen LogP contribution in [-0.4, -0.2) is 66.0 Å². The van der Waals surface area contributed by atoms with Crippen LogP contribution >= 0.6 is 0 Å². The van der Waals surface area contributed by atoms with E-state index < -0.39 is 5.60 Å². The number of carbonyl (C=O) groups is 2. The Kier molecular flexibility index (Phi) is 8.88. The second-order valence-corrected chi connectivity index (χ2v) is 12.9. The maximum absolute atomic E-state index is 13.0. The molecule has 2 aromatic carbocycles. The number of pyridine rings is 1. The first-order valence-electron chi connectivity index (χ1n) is 15.8. The van der Waals surface area contributed by atoms with Crippen molar-refractivity contribution in [1.82, 2.24) is 29.4 Å². The van der Waals surface area contributed by atoms with Gasteiger partial charge in [0.2, 0.25) is 11.8 Å². The van der Waals surface area contributed by atoms with E-state index in [9.17, 15) is 9.59 Å². The van der Waals surface area contributed by atoms with Crippen LogP contribution in [0.15, 0.2) is 73.4 Å². The Morgan fingerprint density at radius 3 is 2.64 bits per heavy atom. The maximum atomic E-state index is 13.0. The molecule has 1 N–H and O–H groups in total. The molecule has 4 heterocycles. The van der Waals surface area contributed by atoms with Crippen LogP contribution in [0.2, 0.25) is 0 Å². The Morgan fingerprint density at radius 1 is 1.00 bits per heavy atom. The largest absolute Gasteiger partial charge is 0.444 e. The van der Waals surface area contributed by atoms with Crippen molar-refractivity contribution in [3.63, 3.8) is 0 Å². The molecule has 5 aromatic rings. The number of nitrogens with zero attached hydrogens (tertiary/aromatic N) is 6. The Morgan fingerprint density at radius 2 is 1.85 bits per heavy atom. The molecular formula is C36H39N7O4. The zero-order valence-corrected chi connectivity index (χ0v) is 27.4. The highest BCUT2D eigenvalue weighted by atomic mass is 16.6. The van der Waals surface area contributed by atoms with E-state index in [2.05, 4.69) is 20.3 Å². The Hall–Kier alpha value is -5.32. The number of hydrogen-bond donors (Lipinski definition) is 1. The second-order valence-electron chi connectivity index (χ2n) is 12.9. The highest BCUT2D eigenvalue weighted by molar-refractivity contribution is 6.00. The molecule has 0 unspecified atom stereocenters. The third kappa shape index (κ3) is 7.40. The molecule has 0 spiro atoms. The Balaban J connectivity index is 1.24. The zero-order valence-electron chi connectivity index (χ0n) is 27.4. The molecule has 1 amide bonds. The first-order chi connectivity index (χ1) is 22.5. The van der Waals surface area contributed by atoms with Crippen LogP contribution in [0, 0.1) is 6.92 Å². The van der Waals surface area contributed by atoms with E-state index in [0.717, 1.165) is 34.7 Å². The number of carbonyl (C=O) groups excluding carboxylic acids is 2. The molecule has 1 aliphatic rings. The van der Waals surface area contributed by atoms with Gasteiger partial charge in [-0.25, -0.2) is 24.7 Å². The van der Waals surface area contributed by atoms with Gasteiger partial charge in [0.25, 0.3) is 0 Å². The number of Topliss-reactive ketones (excluding diaryl/α,β-unsaturated/α-hetero) is 1. The lowest BCUT2D eigenvalue weighted by atomic mass is 9.97. The van der Waals surface area contributed by atoms with Gasteiger partial charge in [-0.15, -0.1) is 0 Å². The van der Waals surface area contributed by atoms with Gasteiger partial charge in [0.05, 0.1) is 17.6 Å². The van der Waals surface area contributed by atoms with Crippen LogP contribution in [0.1, 0.15) is 55.2 Å². The molecule has 11 heteroatoms. The summed E-state index contributed by atoms with van der Waals surface area (Å²) in [6.45, 7) is 8.74. The molecule has 242 valence electrons. The van der Waals surface area contributed by atoms with Crippen molar-refractivity contribution in [2.75, 3.05) is 18.4 Å². The van der Waals surface area contributed by atoms with Gasteiger partial charge in [-0.1, -0.05) is 30.3 Å². The lowest BCUT2D eigenvalue weighted by molar-refractivity contribution is 0.0206. The highest BCUT2D eigenvalue weighted by Crippen LogP contribution is 2.37. The number of fused-ring (bicyclic) bond motifs is 1. The van der Waals surface area contributed by atoms with Gasteiger partial charge in [-0.3, -0.25) is 4.79 Å². The van der Waals surface area contributed by atoms with E-state index in [1.807, 2.05) is 83.3 Å². The number of aryl methyl sites for hydroxylation is 2. The van der Waals surface area contributed by atoms with Gasteiger partial charge in [-0.2, -0.15) is 0 Å². The molecule has 3 aromatic heterocycles. The number of imidazole rings is 1. The smallest absolute Gasteiger partial charge is 0.410 e. The molecule has 11 nitrogen and oxygen atoms in total. The van der Waals surface area contributed by atoms with Crippen molar-refractivity contribution in [1.29, 1.82) is 0 Å². The Labute approximate surface area is 274 Å². The summed E-state index contributed by atoms with van der Waals surface area (Å²) in [7, 11) is 1.84. The fourth-order valence-electron chi connectivity index (χ4n) is 5.73. The van der Waals surface area contributed by atoms with E-state index in [-0.39, 0.29) is 24.3 Å². The SMILES string of the molecule is Cc1ccc2c(CC(=O)c3cn(C)cn3)cccc2c1Oc1ncccc1-c1ccnc(N[C@H]2CCCN(C(=O)OC(C)(C)C)C2)n1. The van der Waals surface area contributed by atoms with E-state index >= 15 is 0 Å². The molecule has 47 heavy (non-hydrogen) atoms. The number of aromatic nitrogens is 5. The average Bonchev–Trinajstić information content (AvgIpc) is 3.48. The van der Waals surface area contributed by atoms with E-state index in [0.29, 0.717) is 47.6 Å². The monoisotopic (exact) mass is 633 g/mol. The number of rotatable bonds is 8. The second kappa shape index (κ2) is 13.2. The number of benzene rings is 2. The van der Waals surface area contributed by atoms with E-state index in [1.54, 1.807) is 34.4 Å². The first-order valence-corrected chi connectivity index (χ1v) is 15.8. The number of anilines is 1. The fraction of sp³-hybridized carbons (Fsp3) is 0.333. The molecule has 1 fully saturated rings. The molecule has 1 saturated heterocycles. The summed E-state index contributed by atoms with van der Waals surface area (Å²) < 4.78 is 13.9. The van der Waals surface area contributed by atoms with Gasteiger partial charge in [-0.05, 0) is 75.2 Å². The summed E-state index contributed by atoms with van der Waals surface area (Å²) in [5, 5.41) is 5.22. The van der Waals surface area contributed by atoms with Gasteiger partial charge >= 0.3 is 6.09 Å². The van der Waals surface area contributed by atoms with E-state index in [4.69, 9.17) is 14.5 Å². The topological polar surface area (TPSA) is 124 Å². The zero-order chi connectivity index (χ0) is 33.1. The normalized spacial score (nSPS) is 15.0. The highest BCUT2D eigenvalue weighted by Gasteiger charge is 2.28. The van der Waals surface area contributed by atoms with Crippen molar-refractivity contribution < 1.29 is 19.1 Å². The van der Waals surface area contributed by atoms with Crippen LogP contribution < -0.4 is 10.1 Å². The predicted molar refractivity (Wildman–Crippen MR) is 180 cm³/mol. The van der Waals surface area contributed by atoms with Crippen molar-refractivity contribution in [2.45, 2.75) is 58.6 Å². The van der Waals surface area contributed by atoms with Crippen molar-refractivity contribution in [3.8, 4) is 22.9 Å².